The second-order valence-electron chi connectivity index (χ2n) is 4.64. The number of nitrogens with one attached hydrogen (secondary N) is 1. The highest BCUT2D eigenvalue weighted by molar-refractivity contribution is 5.15. The summed E-state index contributed by atoms with van der Waals surface area (Å²) in [6, 6.07) is 6.68. The second kappa shape index (κ2) is 5.98. The lowest BCUT2D eigenvalue weighted by Crippen LogP contribution is -2.30. The van der Waals surface area contributed by atoms with Crippen molar-refractivity contribution in [1.29, 1.82) is 0 Å². The Hall–Kier alpha value is -1.13. The SMILES string of the molecule is COc1cccc(CN(C)CCNC2CC2)n1. The molecule has 2 rings (SSSR count). The maximum absolute atomic E-state index is 5.12. The second-order valence-corrected chi connectivity index (χ2v) is 4.64. The van der Waals surface area contributed by atoms with E-state index >= 15 is 0 Å². The van der Waals surface area contributed by atoms with Gasteiger partial charge in [0.2, 0.25) is 5.88 Å². The van der Waals surface area contributed by atoms with Crippen LogP contribution in [0.1, 0.15) is 18.5 Å². The summed E-state index contributed by atoms with van der Waals surface area (Å²) >= 11 is 0. The highest BCUT2D eigenvalue weighted by Gasteiger charge is 2.19. The fourth-order valence-corrected chi connectivity index (χ4v) is 1.76. The predicted octanol–water partition coefficient (Wildman–Crippen LogP) is 1.27. The van der Waals surface area contributed by atoms with Crippen LogP contribution < -0.4 is 10.1 Å². The average molecular weight is 235 g/mol. The topological polar surface area (TPSA) is 37.4 Å². The van der Waals surface area contributed by atoms with E-state index in [1.165, 1.54) is 12.8 Å². The molecule has 0 saturated heterocycles. The molecule has 0 aliphatic heterocycles. The van der Waals surface area contributed by atoms with E-state index < -0.39 is 0 Å². The molecule has 1 heterocycles. The van der Waals surface area contributed by atoms with E-state index in [0.29, 0.717) is 5.88 Å². The summed E-state index contributed by atoms with van der Waals surface area (Å²) in [5.74, 6) is 0.687. The van der Waals surface area contributed by atoms with Crippen molar-refractivity contribution in [3.8, 4) is 5.88 Å². The summed E-state index contributed by atoms with van der Waals surface area (Å²) in [4.78, 5) is 6.68. The van der Waals surface area contributed by atoms with Gasteiger partial charge in [-0.05, 0) is 26.0 Å². The molecule has 0 spiro atoms. The van der Waals surface area contributed by atoms with Crippen LogP contribution in [0, 0.1) is 0 Å². The van der Waals surface area contributed by atoms with Crippen LogP contribution in [0.25, 0.3) is 0 Å². The average Bonchev–Trinajstić information content (AvgIpc) is 3.13. The van der Waals surface area contributed by atoms with Crippen LogP contribution in [0.5, 0.6) is 5.88 Å². The molecule has 1 fully saturated rings. The number of hydrogen-bond acceptors (Lipinski definition) is 4. The number of ether oxygens (including phenoxy) is 1. The summed E-state index contributed by atoms with van der Waals surface area (Å²) in [6.45, 7) is 2.98. The molecule has 1 aliphatic rings. The molecule has 1 N–H and O–H groups in total. The third kappa shape index (κ3) is 4.32. The number of hydrogen-bond donors (Lipinski definition) is 1. The Morgan fingerprint density at radius 3 is 3.00 bits per heavy atom. The standard InChI is InChI=1S/C13H21N3O/c1-16(9-8-14-11-6-7-11)10-12-4-3-5-13(15-12)17-2/h3-5,11,14H,6-10H2,1-2H3. The molecular weight excluding hydrogens is 214 g/mol. The number of likely N-dealkylation sites (N-methyl/N-ethyl adjacent to an activating group) is 1. The number of pyridine rings is 1. The van der Waals surface area contributed by atoms with Gasteiger partial charge in [0.05, 0.1) is 12.8 Å². The first-order valence-corrected chi connectivity index (χ1v) is 6.20. The minimum atomic E-state index is 0.687. The van der Waals surface area contributed by atoms with Crippen LogP contribution in [-0.2, 0) is 6.54 Å². The summed E-state index contributed by atoms with van der Waals surface area (Å²) in [5, 5.41) is 3.51. The number of methoxy groups -OCH3 is 1. The number of rotatable bonds is 7. The van der Waals surface area contributed by atoms with Gasteiger partial charge in [-0.2, -0.15) is 0 Å². The minimum Gasteiger partial charge on any atom is -0.481 e. The quantitative estimate of drug-likeness (QED) is 0.772. The summed E-state index contributed by atoms with van der Waals surface area (Å²) < 4.78 is 5.12. The van der Waals surface area contributed by atoms with Crippen LogP contribution >= 0.6 is 0 Å². The molecule has 94 valence electrons. The van der Waals surface area contributed by atoms with Crippen LogP contribution in [0.4, 0.5) is 0 Å². The molecule has 0 unspecified atom stereocenters. The van der Waals surface area contributed by atoms with Gasteiger partial charge in [-0.25, -0.2) is 4.98 Å². The first-order chi connectivity index (χ1) is 8.28. The highest BCUT2D eigenvalue weighted by atomic mass is 16.5. The first kappa shape index (κ1) is 12.3. The monoisotopic (exact) mass is 235 g/mol. The third-order valence-corrected chi connectivity index (χ3v) is 2.93. The van der Waals surface area contributed by atoms with Crippen molar-refractivity contribution in [2.45, 2.75) is 25.4 Å². The van der Waals surface area contributed by atoms with Crippen molar-refractivity contribution in [1.82, 2.24) is 15.2 Å². The van der Waals surface area contributed by atoms with Crippen LogP contribution in [0.3, 0.4) is 0 Å². The van der Waals surface area contributed by atoms with Crippen molar-refractivity contribution < 1.29 is 4.74 Å². The largest absolute Gasteiger partial charge is 0.481 e. The Bertz CT molecular complexity index is 352. The Labute approximate surface area is 103 Å². The molecule has 0 amide bonds. The third-order valence-electron chi connectivity index (χ3n) is 2.93. The Morgan fingerprint density at radius 2 is 2.29 bits per heavy atom. The normalized spacial score (nSPS) is 15.2. The molecule has 1 aliphatic carbocycles. The Balaban J connectivity index is 1.73. The van der Waals surface area contributed by atoms with Crippen molar-refractivity contribution in [2.24, 2.45) is 0 Å². The van der Waals surface area contributed by atoms with Gasteiger partial charge in [0.1, 0.15) is 0 Å². The maximum atomic E-state index is 5.12. The van der Waals surface area contributed by atoms with Crippen molar-refractivity contribution in [2.75, 3.05) is 27.2 Å². The molecule has 4 nitrogen and oxygen atoms in total. The molecule has 0 aromatic carbocycles. The smallest absolute Gasteiger partial charge is 0.213 e. The van der Waals surface area contributed by atoms with Gasteiger partial charge in [0.25, 0.3) is 0 Å². The zero-order chi connectivity index (χ0) is 12.1. The number of nitrogens with zero attached hydrogens (tertiary/aromatic N) is 2. The summed E-state index contributed by atoms with van der Waals surface area (Å²) in [7, 11) is 3.77. The van der Waals surface area contributed by atoms with Gasteiger partial charge in [0, 0.05) is 31.7 Å². The molecule has 4 heteroatoms. The van der Waals surface area contributed by atoms with E-state index in [4.69, 9.17) is 4.74 Å². The van der Waals surface area contributed by atoms with E-state index in [0.717, 1.165) is 31.4 Å². The highest BCUT2D eigenvalue weighted by Crippen LogP contribution is 2.18. The molecule has 0 atom stereocenters. The Kier molecular flexibility index (Phi) is 4.34. The van der Waals surface area contributed by atoms with E-state index in [1.807, 2.05) is 18.2 Å². The first-order valence-electron chi connectivity index (χ1n) is 6.20. The van der Waals surface area contributed by atoms with Crippen molar-refractivity contribution in [3.63, 3.8) is 0 Å². The Morgan fingerprint density at radius 1 is 1.47 bits per heavy atom. The lowest BCUT2D eigenvalue weighted by atomic mass is 10.3. The van der Waals surface area contributed by atoms with E-state index in [2.05, 4.69) is 22.2 Å². The maximum Gasteiger partial charge on any atom is 0.213 e. The molecular formula is C13H21N3O. The molecule has 0 bridgehead atoms. The van der Waals surface area contributed by atoms with Crippen LogP contribution in [0.2, 0.25) is 0 Å². The molecule has 1 aromatic heterocycles. The zero-order valence-electron chi connectivity index (χ0n) is 10.6. The zero-order valence-corrected chi connectivity index (χ0v) is 10.6. The van der Waals surface area contributed by atoms with E-state index in [-0.39, 0.29) is 0 Å². The molecule has 1 saturated carbocycles. The fraction of sp³-hybridized carbons (Fsp3) is 0.615. The molecule has 17 heavy (non-hydrogen) atoms. The van der Waals surface area contributed by atoms with Gasteiger partial charge in [-0.1, -0.05) is 6.07 Å². The predicted molar refractivity (Wildman–Crippen MR) is 68.1 cm³/mol. The van der Waals surface area contributed by atoms with E-state index in [1.54, 1.807) is 7.11 Å². The minimum absolute atomic E-state index is 0.687. The van der Waals surface area contributed by atoms with Gasteiger partial charge in [-0.3, -0.25) is 4.90 Å². The van der Waals surface area contributed by atoms with Gasteiger partial charge >= 0.3 is 0 Å². The van der Waals surface area contributed by atoms with Crippen LogP contribution in [-0.4, -0.2) is 43.2 Å². The lowest BCUT2D eigenvalue weighted by Gasteiger charge is -2.16. The van der Waals surface area contributed by atoms with Crippen molar-refractivity contribution in [3.05, 3.63) is 23.9 Å². The van der Waals surface area contributed by atoms with Gasteiger partial charge in [-0.15, -0.1) is 0 Å². The van der Waals surface area contributed by atoms with Crippen LogP contribution in [0.15, 0.2) is 18.2 Å². The number of aromatic nitrogens is 1. The molecule has 0 radical (unpaired) electrons. The summed E-state index contributed by atoms with van der Waals surface area (Å²) in [6.07, 6.45) is 2.70. The molecule has 1 aromatic rings. The lowest BCUT2D eigenvalue weighted by molar-refractivity contribution is 0.317. The van der Waals surface area contributed by atoms with Gasteiger partial charge in [0.15, 0.2) is 0 Å². The summed E-state index contributed by atoms with van der Waals surface area (Å²) in [5.41, 5.74) is 1.05. The van der Waals surface area contributed by atoms with E-state index in [9.17, 15) is 0 Å². The fourth-order valence-electron chi connectivity index (χ4n) is 1.76. The van der Waals surface area contributed by atoms with Gasteiger partial charge < -0.3 is 10.1 Å². The van der Waals surface area contributed by atoms with Crippen molar-refractivity contribution >= 4 is 0 Å².